The molecule has 38 heavy (non-hydrogen) atoms. The molecule has 2 amide bonds. The van der Waals surface area contributed by atoms with Crippen LogP contribution in [0.2, 0.25) is 5.02 Å². The maximum atomic E-state index is 15.0. The lowest BCUT2D eigenvalue weighted by Crippen LogP contribution is -2.61. The molecule has 0 radical (unpaired) electrons. The number of carbonyl (C=O) groups excluding carboxylic acids is 2. The summed E-state index contributed by atoms with van der Waals surface area (Å²) in [5.74, 6) is -0.394. The van der Waals surface area contributed by atoms with Gasteiger partial charge in [-0.1, -0.05) is 24.2 Å². The van der Waals surface area contributed by atoms with Gasteiger partial charge in [-0.3, -0.25) is 14.5 Å². The second kappa shape index (κ2) is 9.74. The molecule has 11 heteroatoms. The fourth-order valence-electron chi connectivity index (χ4n) is 5.55. The van der Waals surface area contributed by atoms with Crippen LogP contribution in [0.15, 0.2) is 30.9 Å². The van der Waals surface area contributed by atoms with Crippen molar-refractivity contribution in [1.29, 1.82) is 0 Å². The van der Waals surface area contributed by atoms with E-state index in [1.807, 2.05) is 18.7 Å². The Balaban J connectivity index is 1.66. The Bertz CT molecular complexity index is 1300. The zero-order valence-corrected chi connectivity index (χ0v) is 22.5. The van der Waals surface area contributed by atoms with E-state index in [0.717, 1.165) is 0 Å². The number of anilines is 1. The number of hydrogen-bond donors (Lipinski definition) is 1. The van der Waals surface area contributed by atoms with Crippen molar-refractivity contribution in [3.63, 3.8) is 0 Å². The van der Waals surface area contributed by atoms with E-state index in [4.69, 9.17) is 21.3 Å². The standard InChI is InChI=1S/C27H31ClFN5O4/c1-5-20(36)33-10-9-32-12-17-25(38-14-16(32)11-33)23(28)24(22-18(29)7-6-8-19(22)35)30-26(17)34-13-21(37)31(4)15-27(34,2)3/h5-8,16,35H,1,9-15H2,2-4H3/t16-/m1/s1. The molecule has 1 aromatic heterocycles. The third-order valence-corrected chi connectivity index (χ3v) is 7.95. The van der Waals surface area contributed by atoms with Crippen LogP contribution >= 0.6 is 11.6 Å². The maximum Gasteiger partial charge on any atom is 0.246 e. The van der Waals surface area contributed by atoms with Crippen molar-refractivity contribution < 1.29 is 23.8 Å². The Kier molecular flexibility index (Phi) is 6.73. The molecule has 0 bridgehead atoms. The number of ether oxygens (including phenoxy) is 1. The Labute approximate surface area is 226 Å². The Morgan fingerprint density at radius 1 is 1.32 bits per heavy atom. The van der Waals surface area contributed by atoms with Crippen molar-refractivity contribution in [2.24, 2.45) is 0 Å². The average Bonchev–Trinajstić information content (AvgIpc) is 3.06. The summed E-state index contributed by atoms with van der Waals surface area (Å²) in [6, 6.07) is 3.89. The van der Waals surface area contributed by atoms with Gasteiger partial charge in [0.05, 0.1) is 29.3 Å². The van der Waals surface area contributed by atoms with Gasteiger partial charge in [-0.2, -0.15) is 0 Å². The molecule has 9 nitrogen and oxygen atoms in total. The molecule has 0 spiro atoms. The summed E-state index contributed by atoms with van der Waals surface area (Å²) in [5.41, 5.74) is 0.0905. The van der Waals surface area contributed by atoms with Gasteiger partial charge < -0.3 is 24.5 Å². The van der Waals surface area contributed by atoms with Gasteiger partial charge in [-0.05, 0) is 32.1 Å². The third-order valence-electron chi connectivity index (χ3n) is 7.60. The molecule has 1 N–H and O–H groups in total. The molecule has 202 valence electrons. The van der Waals surface area contributed by atoms with Crippen LogP contribution in [0, 0.1) is 5.82 Å². The van der Waals surface area contributed by atoms with Crippen LogP contribution in [0.5, 0.6) is 11.5 Å². The van der Waals surface area contributed by atoms with Crippen molar-refractivity contribution in [3.05, 3.63) is 47.3 Å². The predicted octanol–water partition coefficient (Wildman–Crippen LogP) is 2.89. The number of phenols is 1. The first-order valence-electron chi connectivity index (χ1n) is 12.5. The number of likely N-dealkylation sites (N-methyl/N-ethyl adjacent to an activating group) is 1. The minimum Gasteiger partial charge on any atom is -0.507 e. The molecule has 2 saturated heterocycles. The zero-order chi connectivity index (χ0) is 27.4. The smallest absolute Gasteiger partial charge is 0.246 e. The minimum absolute atomic E-state index is 0.0431. The maximum absolute atomic E-state index is 15.0. The van der Waals surface area contributed by atoms with Gasteiger partial charge in [0, 0.05) is 39.8 Å². The molecule has 0 aliphatic carbocycles. The van der Waals surface area contributed by atoms with E-state index in [0.29, 0.717) is 49.9 Å². The Morgan fingerprint density at radius 2 is 2.08 bits per heavy atom. The van der Waals surface area contributed by atoms with Crippen LogP contribution < -0.4 is 9.64 Å². The first-order valence-corrected chi connectivity index (χ1v) is 12.9. The number of fused-ring (bicyclic) bond motifs is 2. The van der Waals surface area contributed by atoms with Crippen LogP contribution in [0.25, 0.3) is 11.3 Å². The third kappa shape index (κ3) is 4.45. The number of piperazine rings is 2. The van der Waals surface area contributed by atoms with E-state index < -0.39 is 11.4 Å². The second-order valence-corrected chi connectivity index (χ2v) is 11.0. The van der Waals surface area contributed by atoms with Gasteiger partial charge in [-0.25, -0.2) is 9.37 Å². The van der Waals surface area contributed by atoms with E-state index in [1.54, 1.807) is 16.8 Å². The molecule has 5 rings (SSSR count). The number of amides is 2. The minimum atomic E-state index is -0.677. The molecule has 3 aliphatic heterocycles. The SMILES string of the molecule is C=CC(=O)N1CCN2Cc3c(N4CC(=O)N(C)CC4(C)C)nc(-c4c(O)cccc4F)c(Cl)c3OC[C@H]2C1. The molecule has 0 unspecified atom stereocenters. The molecule has 4 heterocycles. The van der Waals surface area contributed by atoms with Crippen LogP contribution in [-0.2, 0) is 16.1 Å². The number of carbonyl (C=O) groups is 2. The number of hydrogen-bond acceptors (Lipinski definition) is 7. The van der Waals surface area contributed by atoms with E-state index in [-0.39, 0.29) is 53.0 Å². The molecular formula is C27H31ClFN5O4. The van der Waals surface area contributed by atoms with Crippen molar-refractivity contribution in [2.45, 2.75) is 32.0 Å². The first-order chi connectivity index (χ1) is 18.0. The van der Waals surface area contributed by atoms with Crippen LogP contribution in [-0.4, -0.2) is 94.6 Å². The largest absolute Gasteiger partial charge is 0.507 e. The summed E-state index contributed by atoms with van der Waals surface area (Å²) in [6.45, 7) is 10.4. The van der Waals surface area contributed by atoms with Gasteiger partial charge in [0.2, 0.25) is 11.8 Å². The molecule has 1 atom stereocenters. The van der Waals surface area contributed by atoms with Crippen molar-refractivity contribution in [3.8, 4) is 22.8 Å². The fraction of sp³-hybridized carbons (Fsp3) is 0.444. The first kappa shape index (κ1) is 26.2. The fourth-order valence-corrected chi connectivity index (χ4v) is 5.85. The normalized spacial score (nSPS) is 21.3. The molecule has 2 fully saturated rings. The van der Waals surface area contributed by atoms with Gasteiger partial charge in [0.25, 0.3) is 0 Å². The van der Waals surface area contributed by atoms with Gasteiger partial charge >= 0.3 is 0 Å². The van der Waals surface area contributed by atoms with Crippen LogP contribution in [0.1, 0.15) is 19.4 Å². The Morgan fingerprint density at radius 3 is 2.79 bits per heavy atom. The number of rotatable bonds is 3. The Hall–Kier alpha value is -3.37. The molecule has 3 aliphatic rings. The summed E-state index contributed by atoms with van der Waals surface area (Å²) in [6.07, 6.45) is 1.31. The van der Waals surface area contributed by atoms with Crippen molar-refractivity contribution in [2.75, 3.05) is 51.3 Å². The average molecular weight is 544 g/mol. The van der Waals surface area contributed by atoms with E-state index >= 15 is 4.39 Å². The van der Waals surface area contributed by atoms with Crippen molar-refractivity contribution in [1.82, 2.24) is 19.7 Å². The number of phenolic OH excluding ortho intramolecular Hbond substituents is 1. The van der Waals surface area contributed by atoms with Gasteiger partial charge in [0.1, 0.15) is 40.5 Å². The number of benzene rings is 1. The highest BCUT2D eigenvalue weighted by Crippen LogP contribution is 2.47. The van der Waals surface area contributed by atoms with Crippen LogP contribution in [0.3, 0.4) is 0 Å². The molecule has 0 saturated carbocycles. The highest BCUT2D eigenvalue weighted by atomic mass is 35.5. The number of nitrogens with zero attached hydrogens (tertiary/aromatic N) is 5. The van der Waals surface area contributed by atoms with Crippen molar-refractivity contribution >= 4 is 29.2 Å². The van der Waals surface area contributed by atoms with Gasteiger partial charge in [0.15, 0.2) is 0 Å². The molecular weight excluding hydrogens is 513 g/mol. The number of aromatic hydroxyl groups is 1. The number of pyridine rings is 1. The summed E-state index contributed by atoms with van der Waals surface area (Å²) in [4.78, 5) is 37.5. The quantitative estimate of drug-likeness (QED) is 0.595. The lowest BCUT2D eigenvalue weighted by Gasteiger charge is -2.47. The number of halogens is 2. The monoisotopic (exact) mass is 543 g/mol. The van der Waals surface area contributed by atoms with Gasteiger partial charge in [-0.15, -0.1) is 0 Å². The summed E-state index contributed by atoms with van der Waals surface area (Å²) in [7, 11) is 1.76. The topological polar surface area (TPSA) is 89.5 Å². The summed E-state index contributed by atoms with van der Waals surface area (Å²) >= 11 is 6.86. The highest BCUT2D eigenvalue weighted by Gasteiger charge is 2.42. The lowest BCUT2D eigenvalue weighted by molar-refractivity contribution is -0.131. The summed E-state index contributed by atoms with van der Waals surface area (Å²) < 4.78 is 21.3. The van der Waals surface area contributed by atoms with E-state index in [9.17, 15) is 14.7 Å². The van der Waals surface area contributed by atoms with E-state index in [2.05, 4.69) is 11.5 Å². The number of aromatic nitrogens is 1. The molecule has 1 aromatic carbocycles. The van der Waals surface area contributed by atoms with E-state index in [1.165, 1.54) is 24.3 Å². The highest BCUT2D eigenvalue weighted by molar-refractivity contribution is 6.35. The second-order valence-electron chi connectivity index (χ2n) is 10.6. The van der Waals surface area contributed by atoms with Crippen LogP contribution in [0.4, 0.5) is 10.2 Å². The summed E-state index contributed by atoms with van der Waals surface area (Å²) in [5, 5.41) is 10.7. The predicted molar refractivity (Wildman–Crippen MR) is 142 cm³/mol. The molecule has 2 aromatic rings. The zero-order valence-electron chi connectivity index (χ0n) is 21.7. The lowest BCUT2D eigenvalue weighted by atomic mass is 9.97.